The molecule has 0 fully saturated rings. The third-order valence-electron chi connectivity index (χ3n) is 2.78. The minimum Gasteiger partial charge on any atom is -0.481 e. The van der Waals surface area contributed by atoms with Gasteiger partial charge in [0.1, 0.15) is 0 Å². The van der Waals surface area contributed by atoms with Crippen LogP contribution >= 0.6 is 35.0 Å². The van der Waals surface area contributed by atoms with Crippen LogP contribution in [0.25, 0.3) is 0 Å². The highest BCUT2D eigenvalue weighted by Gasteiger charge is 2.20. The van der Waals surface area contributed by atoms with Gasteiger partial charge in [-0.25, -0.2) is 0 Å². The van der Waals surface area contributed by atoms with Crippen LogP contribution in [0.5, 0.6) is 0 Å². The van der Waals surface area contributed by atoms with Crippen LogP contribution in [0.3, 0.4) is 0 Å². The van der Waals surface area contributed by atoms with Gasteiger partial charge >= 0.3 is 5.97 Å². The summed E-state index contributed by atoms with van der Waals surface area (Å²) >= 11 is 13.2. The molecule has 20 heavy (non-hydrogen) atoms. The Morgan fingerprint density at radius 2 is 1.80 bits per heavy atom. The smallest absolute Gasteiger partial charge is 0.311 e. The number of carboxylic acid groups (broad SMARTS) is 1. The third kappa shape index (κ3) is 4.17. The number of carboxylic acids is 1. The van der Waals surface area contributed by atoms with E-state index in [9.17, 15) is 9.90 Å². The number of rotatable bonds is 5. The number of hydrogen-bond donors (Lipinski definition) is 1. The summed E-state index contributed by atoms with van der Waals surface area (Å²) in [6.07, 6.45) is 0. The average molecular weight is 327 g/mol. The summed E-state index contributed by atoms with van der Waals surface area (Å²) in [6, 6.07) is 14.3. The summed E-state index contributed by atoms with van der Waals surface area (Å²) in [6.45, 7) is 0. The van der Waals surface area contributed by atoms with Gasteiger partial charge in [0.2, 0.25) is 0 Å². The summed E-state index contributed by atoms with van der Waals surface area (Å²) in [5.41, 5.74) is 0.747. The zero-order valence-electron chi connectivity index (χ0n) is 10.4. The summed E-state index contributed by atoms with van der Waals surface area (Å²) in [5, 5.41) is 10.6. The average Bonchev–Trinajstić information content (AvgIpc) is 2.41. The number of halogens is 2. The number of hydrogen-bond acceptors (Lipinski definition) is 2. The minimum atomic E-state index is -0.846. The Hall–Kier alpha value is -1.16. The van der Waals surface area contributed by atoms with Crippen molar-refractivity contribution < 1.29 is 9.90 Å². The molecule has 0 aromatic heterocycles. The Balaban J connectivity index is 2.10. The van der Waals surface area contributed by atoms with Gasteiger partial charge in [-0.05, 0) is 35.9 Å². The van der Waals surface area contributed by atoms with Crippen LogP contribution in [0.2, 0.25) is 10.0 Å². The fourth-order valence-electron chi connectivity index (χ4n) is 1.74. The Kier molecular flexibility index (Phi) is 5.35. The van der Waals surface area contributed by atoms with Gasteiger partial charge in [0.15, 0.2) is 0 Å². The van der Waals surface area contributed by atoms with E-state index in [0.29, 0.717) is 15.8 Å². The fraction of sp³-hybridized carbons (Fsp3) is 0.133. The Bertz CT molecular complexity index is 599. The van der Waals surface area contributed by atoms with Gasteiger partial charge in [-0.2, -0.15) is 0 Å². The molecular weight excluding hydrogens is 315 g/mol. The Morgan fingerprint density at radius 1 is 1.10 bits per heavy atom. The van der Waals surface area contributed by atoms with Crippen molar-refractivity contribution in [2.75, 3.05) is 5.75 Å². The van der Waals surface area contributed by atoms with Crippen molar-refractivity contribution >= 4 is 40.9 Å². The third-order valence-corrected chi connectivity index (χ3v) is 4.36. The van der Waals surface area contributed by atoms with Crippen molar-refractivity contribution in [3.05, 3.63) is 64.1 Å². The molecular formula is C15H12Cl2O2S. The maximum absolute atomic E-state index is 11.4. The van der Waals surface area contributed by atoms with Crippen molar-refractivity contribution in [2.45, 2.75) is 10.8 Å². The highest BCUT2D eigenvalue weighted by molar-refractivity contribution is 7.99. The minimum absolute atomic E-state index is 0.442. The standard InChI is InChI=1S/C15H12Cl2O2S/c16-11-6-4-10(5-7-11)14(15(18)19)9-20-13-3-1-2-12(17)8-13/h1-8,14H,9H2,(H,18,19). The molecule has 0 bridgehead atoms. The van der Waals surface area contributed by atoms with E-state index in [4.69, 9.17) is 23.2 Å². The molecule has 0 heterocycles. The lowest BCUT2D eigenvalue weighted by Crippen LogP contribution is -2.14. The lowest BCUT2D eigenvalue weighted by molar-refractivity contribution is -0.138. The van der Waals surface area contributed by atoms with Crippen molar-refractivity contribution in [2.24, 2.45) is 0 Å². The zero-order chi connectivity index (χ0) is 14.5. The fourth-order valence-corrected chi connectivity index (χ4v) is 3.20. The van der Waals surface area contributed by atoms with E-state index in [2.05, 4.69) is 0 Å². The molecule has 2 aromatic rings. The Labute approximate surface area is 131 Å². The molecule has 0 amide bonds. The predicted octanol–water partition coefficient (Wildman–Crippen LogP) is 4.95. The largest absolute Gasteiger partial charge is 0.481 e. The molecule has 2 aromatic carbocycles. The molecule has 1 unspecified atom stereocenters. The van der Waals surface area contributed by atoms with Gasteiger partial charge < -0.3 is 5.11 Å². The normalized spacial score (nSPS) is 12.1. The molecule has 5 heteroatoms. The second-order valence-corrected chi connectivity index (χ2v) is 6.18. The molecule has 1 atom stereocenters. The highest BCUT2D eigenvalue weighted by atomic mass is 35.5. The van der Waals surface area contributed by atoms with E-state index in [1.165, 1.54) is 11.8 Å². The molecule has 104 valence electrons. The number of carbonyl (C=O) groups is 1. The maximum Gasteiger partial charge on any atom is 0.311 e. The van der Waals surface area contributed by atoms with Gasteiger partial charge in [-0.3, -0.25) is 4.79 Å². The molecule has 0 radical (unpaired) electrons. The number of aliphatic carboxylic acids is 1. The SMILES string of the molecule is O=C(O)C(CSc1cccc(Cl)c1)c1ccc(Cl)cc1. The van der Waals surface area contributed by atoms with Crippen LogP contribution in [-0.4, -0.2) is 16.8 Å². The van der Waals surface area contributed by atoms with E-state index < -0.39 is 11.9 Å². The molecule has 0 spiro atoms. The van der Waals surface area contributed by atoms with Gasteiger partial charge in [0.25, 0.3) is 0 Å². The molecule has 0 saturated carbocycles. The number of thioether (sulfide) groups is 1. The first-order chi connectivity index (χ1) is 9.56. The van der Waals surface area contributed by atoms with Crippen LogP contribution in [0.15, 0.2) is 53.4 Å². The van der Waals surface area contributed by atoms with E-state index in [-0.39, 0.29) is 0 Å². The summed E-state index contributed by atoms with van der Waals surface area (Å²) in [5.74, 6) is -0.977. The molecule has 0 saturated heterocycles. The van der Waals surface area contributed by atoms with Crippen LogP contribution in [-0.2, 0) is 4.79 Å². The molecule has 0 aliphatic carbocycles. The molecule has 0 aliphatic heterocycles. The lowest BCUT2D eigenvalue weighted by Gasteiger charge is -2.12. The van der Waals surface area contributed by atoms with Crippen LogP contribution in [0.1, 0.15) is 11.5 Å². The molecule has 0 aliphatic rings. The Morgan fingerprint density at radius 3 is 2.40 bits per heavy atom. The van der Waals surface area contributed by atoms with Gasteiger partial charge in [-0.15, -0.1) is 11.8 Å². The van der Waals surface area contributed by atoms with Crippen molar-refractivity contribution in [3.8, 4) is 0 Å². The number of benzene rings is 2. The van der Waals surface area contributed by atoms with E-state index in [0.717, 1.165) is 10.5 Å². The van der Waals surface area contributed by atoms with Crippen molar-refractivity contribution in [3.63, 3.8) is 0 Å². The van der Waals surface area contributed by atoms with Crippen LogP contribution in [0, 0.1) is 0 Å². The quantitative estimate of drug-likeness (QED) is 0.789. The van der Waals surface area contributed by atoms with Crippen LogP contribution in [0.4, 0.5) is 0 Å². The van der Waals surface area contributed by atoms with Crippen LogP contribution < -0.4 is 0 Å². The van der Waals surface area contributed by atoms with E-state index in [1.807, 2.05) is 18.2 Å². The molecule has 2 rings (SSSR count). The lowest BCUT2D eigenvalue weighted by atomic mass is 10.0. The van der Waals surface area contributed by atoms with Gasteiger partial charge in [0.05, 0.1) is 5.92 Å². The second kappa shape index (κ2) is 7.02. The maximum atomic E-state index is 11.4. The topological polar surface area (TPSA) is 37.3 Å². The molecule has 2 nitrogen and oxygen atoms in total. The summed E-state index contributed by atoms with van der Waals surface area (Å²) < 4.78 is 0. The second-order valence-electron chi connectivity index (χ2n) is 4.21. The zero-order valence-corrected chi connectivity index (χ0v) is 12.8. The van der Waals surface area contributed by atoms with E-state index >= 15 is 0 Å². The van der Waals surface area contributed by atoms with Crippen molar-refractivity contribution in [1.82, 2.24) is 0 Å². The van der Waals surface area contributed by atoms with Gasteiger partial charge in [0, 0.05) is 20.7 Å². The monoisotopic (exact) mass is 326 g/mol. The predicted molar refractivity (Wildman–Crippen MR) is 84.0 cm³/mol. The first-order valence-electron chi connectivity index (χ1n) is 5.93. The van der Waals surface area contributed by atoms with E-state index in [1.54, 1.807) is 30.3 Å². The first kappa shape index (κ1) is 15.2. The summed E-state index contributed by atoms with van der Waals surface area (Å²) in [7, 11) is 0. The highest BCUT2D eigenvalue weighted by Crippen LogP contribution is 2.28. The van der Waals surface area contributed by atoms with Crippen molar-refractivity contribution in [1.29, 1.82) is 0 Å². The first-order valence-corrected chi connectivity index (χ1v) is 7.67. The summed E-state index contributed by atoms with van der Waals surface area (Å²) in [4.78, 5) is 12.4. The van der Waals surface area contributed by atoms with Gasteiger partial charge in [-0.1, -0.05) is 41.4 Å². The molecule has 1 N–H and O–H groups in total.